The number of amides is 2. The van der Waals surface area contributed by atoms with E-state index in [4.69, 9.17) is 9.47 Å². The Balaban J connectivity index is 1.66. The maximum absolute atomic E-state index is 13.0. The van der Waals surface area contributed by atoms with E-state index in [1.54, 1.807) is 14.2 Å². The number of methoxy groups -OCH3 is 2. The van der Waals surface area contributed by atoms with Gasteiger partial charge in [-0.25, -0.2) is 0 Å². The van der Waals surface area contributed by atoms with E-state index < -0.39 is 0 Å². The first-order valence-electron chi connectivity index (χ1n) is 9.73. The molecule has 6 heteroatoms. The fourth-order valence-corrected chi connectivity index (χ4v) is 3.90. The highest BCUT2D eigenvalue weighted by atomic mass is 16.5. The van der Waals surface area contributed by atoms with Gasteiger partial charge in [-0.2, -0.15) is 0 Å². The first-order chi connectivity index (χ1) is 12.9. The number of hydrogen-bond donors (Lipinski definition) is 0. The van der Waals surface area contributed by atoms with Crippen LogP contribution in [0.2, 0.25) is 0 Å². The molecule has 0 bridgehead atoms. The minimum atomic E-state index is -0.216. The zero-order chi connectivity index (χ0) is 19.6. The Bertz CT molecular complexity index is 716. The topological polar surface area (TPSA) is 59.1 Å². The molecule has 0 aliphatic carbocycles. The maximum atomic E-state index is 13.0. The van der Waals surface area contributed by atoms with Crippen LogP contribution in [-0.4, -0.2) is 55.5 Å². The summed E-state index contributed by atoms with van der Waals surface area (Å²) in [5.74, 6) is 1.94. The molecule has 0 N–H and O–H groups in total. The van der Waals surface area contributed by atoms with E-state index >= 15 is 0 Å². The van der Waals surface area contributed by atoms with Gasteiger partial charge in [0.1, 0.15) is 0 Å². The van der Waals surface area contributed by atoms with Gasteiger partial charge >= 0.3 is 0 Å². The number of carbonyl (C=O) groups excluding carboxylic acids is 2. The summed E-state index contributed by atoms with van der Waals surface area (Å²) in [6.07, 6.45) is 2.11. The van der Waals surface area contributed by atoms with Gasteiger partial charge in [-0.15, -0.1) is 0 Å². The molecule has 0 radical (unpaired) electrons. The summed E-state index contributed by atoms with van der Waals surface area (Å²) in [4.78, 5) is 29.0. The van der Waals surface area contributed by atoms with Gasteiger partial charge in [0.2, 0.25) is 11.8 Å². The molecule has 148 valence electrons. The number of hydrogen-bond acceptors (Lipinski definition) is 4. The minimum Gasteiger partial charge on any atom is -0.493 e. The number of nitrogens with zero attached hydrogens (tertiary/aromatic N) is 2. The SMILES string of the molecule is COc1cc2c(cc1OC)CN(C(=O)C1CC(=O)N(CCC(C)C)C1)CC2. The lowest BCUT2D eigenvalue weighted by molar-refractivity contribution is -0.136. The predicted octanol–water partition coefficient (Wildman–Crippen LogP) is 2.48. The Morgan fingerprint density at radius 3 is 2.48 bits per heavy atom. The van der Waals surface area contributed by atoms with Crippen molar-refractivity contribution in [2.45, 2.75) is 39.7 Å². The van der Waals surface area contributed by atoms with Gasteiger partial charge in [0.05, 0.1) is 20.1 Å². The largest absolute Gasteiger partial charge is 0.493 e. The summed E-state index contributed by atoms with van der Waals surface area (Å²) in [5.41, 5.74) is 2.28. The Labute approximate surface area is 161 Å². The molecular weight excluding hydrogens is 344 g/mol. The zero-order valence-corrected chi connectivity index (χ0v) is 16.8. The van der Waals surface area contributed by atoms with Crippen molar-refractivity contribution < 1.29 is 19.1 Å². The van der Waals surface area contributed by atoms with Crippen LogP contribution < -0.4 is 9.47 Å². The van der Waals surface area contributed by atoms with E-state index in [1.165, 1.54) is 5.56 Å². The van der Waals surface area contributed by atoms with Crippen molar-refractivity contribution in [2.24, 2.45) is 11.8 Å². The summed E-state index contributed by atoms with van der Waals surface area (Å²) < 4.78 is 10.8. The van der Waals surface area contributed by atoms with Crippen LogP contribution in [0.1, 0.15) is 37.8 Å². The highest BCUT2D eigenvalue weighted by Crippen LogP contribution is 2.34. The van der Waals surface area contributed by atoms with Gasteiger partial charge in [-0.1, -0.05) is 13.8 Å². The average Bonchev–Trinajstić information content (AvgIpc) is 3.04. The van der Waals surface area contributed by atoms with Gasteiger partial charge in [0.15, 0.2) is 11.5 Å². The maximum Gasteiger partial charge on any atom is 0.228 e. The summed E-state index contributed by atoms with van der Waals surface area (Å²) in [6, 6.07) is 3.96. The molecule has 2 amide bonds. The van der Waals surface area contributed by atoms with Crippen LogP contribution in [0.3, 0.4) is 0 Å². The molecular formula is C21H30N2O4. The van der Waals surface area contributed by atoms with Crippen LogP contribution in [-0.2, 0) is 22.6 Å². The van der Waals surface area contributed by atoms with E-state index in [9.17, 15) is 9.59 Å². The van der Waals surface area contributed by atoms with Crippen LogP contribution in [0, 0.1) is 11.8 Å². The second-order valence-electron chi connectivity index (χ2n) is 7.91. The first-order valence-corrected chi connectivity index (χ1v) is 9.73. The Morgan fingerprint density at radius 1 is 1.19 bits per heavy atom. The second kappa shape index (κ2) is 8.19. The van der Waals surface area contributed by atoms with Gasteiger partial charge < -0.3 is 19.3 Å². The fraction of sp³-hybridized carbons (Fsp3) is 0.619. The molecule has 1 unspecified atom stereocenters. The van der Waals surface area contributed by atoms with Crippen LogP contribution in [0.5, 0.6) is 11.5 Å². The standard InChI is InChI=1S/C21H30N2O4/c1-14(2)5-7-22-13-17(11-20(22)24)21(25)23-8-6-15-9-18(26-3)19(27-4)10-16(15)12-23/h9-10,14,17H,5-8,11-13H2,1-4H3. The van der Waals surface area contributed by atoms with Crippen LogP contribution in [0.4, 0.5) is 0 Å². The number of fused-ring (bicyclic) bond motifs is 1. The summed E-state index contributed by atoms with van der Waals surface area (Å²) in [7, 11) is 3.25. The van der Waals surface area contributed by atoms with Crippen LogP contribution in [0.25, 0.3) is 0 Å². The van der Waals surface area contributed by atoms with E-state index in [1.807, 2.05) is 21.9 Å². The highest BCUT2D eigenvalue weighted by Gasteiger charge is 2.37. The third kappa shape index (κ3) is 4.20. The number of ether oxygens (including phenoxy) is 2. The summed E-state index contributed by atoms with van der Waals surface area (Å²) >= 11 is 0. The van der Waals surface area contributed by atoms with Gasteiger partial charge in [-0.05, 0) is 42.0 Å². The number of benzene rings is 1. The van der Waals surface area contributed by atoms with Crippen molar-refractivity contribution in [1.29, 1.82) is 0 Å². The molecule has 0 spiro atoms. The zero-order valence-electron chi connectivity index (χ0n) is 16.8. The normalized spacial score (nSPS) is 19.4. The monoisotopic (exact) mass is 374 g/mol. The fourth-order valence-electron chi connectivity index (χ4n) is 3.90. The quantitative estimate of drug-likeness (QED) is 0.768. The lowest BCUT2D eigenvalue weighted by Gasteiger charge is -2.31. The molecule has 0 saturated carbocycles. The summed E-state index contributed by atoms with van der Waals surface area (Å²) in [5, 5.41) is 0. The molecule has 27 heavy (non-hydrogen) atoms. The van der Waals surface area contributed by atoms with Gasteiger partial charge in [0.25, 0.3) is 0 Å². The van der Waals surface area contributed by atoms with Crippen molar-refractivity contribution in [2.75, 3.05) is 33.9 Å². The van der Waals surface area contributed by atoms with E-state index in [2.05, 4.69) is 13.8 Å². The molecule has 1 saturated heterocycles. The third-order valence-corrected chi connectivity index (χ3v) is 5.57. The molecule has 1 atom stereocenters. The lowest BCUT2D eigenvalue weighted by Crippen LogP contribution is -2.40. The average molecular weight is 374 g/mol. The summed E-state index contributed by atoms with van der Waals surface area (Å²) in [6.45, 7) is 6.85. The van der Waals surface area contributed by atoms with Crippen molar-refractivity contribution in [3.8, 4) is 11.5 Å². The molecule has 3 rings (SSSR count). The highest BCUT2D eigenvalue weighted by molar-refractivity contribution is 5.89. The van der Waals surface area contributed by atoms with E-state index in [-0.39, 0.29) is 17.7 Å². The van der Waals surface area contributed by atoms with Crippen LogP contribution in [0.15, 0.2) is 12.1 Å². The predicted molar refractivity (Wildman–Crippen MR) is 103 cm³/mol. The van der Waals surface area contributed by atoms with Crippen molar-refractivity contribution >= 4 is 11.8 Å². The van der Waals surface area contributed by atoms with Gasteiger partial charge in [0, 0.05) is 32.6 Å². The van der Waals surface area contributed by atoms with Crippen molar-refractivity contribution in [3.05, 3.63) is 23.3 Å². The molecule has 1 aromatic rings. The Hall–Kier alpha value is -2.24. The number of carbonyl (C=O) groups is 2. The molecule has 2 aliphatic heterocycles. The van der Waals surface area contributed by atoms with Crippen LogP contribution >= 0.6 is 0 Å². The molecule has 1 fully saturated rings. The van der Waals surface area contributed by atoms with Crippen molar-refractivity contribution in [1.82, 2.24) is 9.80 Å². The van der Waals surface area contributed by atoms with E-state index in [0.717, 1.165) is 30.7 Å². The second-order valence-corrected chi connectivity index (χ2v) is 7.91. The van der Waals surface area contributed by atoms with E-state index in [0.29, 0.717) is 37.7 Å². The minimum absolute atomic E-state index is 0.0934. The molecule has 2 heterocycles. The van der Waals surface area contributed by atoms with Gasteiger partial charge in [-0.3, -0.25) is 9.59 Å². The molecule has 0 aromatic heterocycles. The van der Waals surface area contributed by atoms with Crippen molar-refractivity contribution in [3.63, 3.8) is 0 Å². The third-order valence-electron chi connectivity index (χ3n) is 5.57. The molecule has 6 nitrogen and oxygen atoms in total. The number of likely N-dealkylation sites (tertiary alicyclic amines) is 1. The first kappa shape index (κ1) is 19.5. The number of rotatable bonds is 6. The molecule has 1 aromatic carbocycles. The smallest absolute Gasteiger partial charge is 0.228 e. The Kier molecular flexibility index (Phi) is 5.92. The lowest BCUT2D eigenvalue weighted by atomic mass is 9.97. The molecule has 2 aliphatic rings. The Morgan fingerprint density at radius 2 is 1.85 bits per heavy atom.